The first kappa shape index (κ1) is 9.67. The number of aromatic nitrogens is 5. The van der Waals surface area contributed by atoms with Gasteiger partial charge in [-0.05, 0) is 6.92 Å². The van der Waals surface area contributed by atoms with Crippen LogP contribution in [0.5, 0.6) is 0 Å². The average molecular weight is 252 g/mol. The maximum absolute atomic E-state index is 5.57. The third-order valence-electron chi connectivity index (χ3n) is 2.09. The van der Waals surface area contributed by atoms with Crippen LogP contribution in [0, 0.1) is 6.92 Å². The first-order valence-corrected chi connectivity index (χ1v) is 6.29. The standard InChI is InChI=1S/C8H8N6S2/c1-4-11-12-8-14(4)13-6(16-8)2-5-3-15-7(9)10-5/h3H,2H2,1H3,(H2,9,10). The molecule has 0 unspecified atom stereocenters. The van der Waals surface area contributed by atoms with Gasteiger partial charge in [-0.25, -0.2) is 4.98 Å². The second-order valence-electron chi connectivity index (χ2n) is 3.29. The molecule has 0 aliphatic heterocycles. The van der Waals surface area contributed by atoms with E-state index in [2.05, 4.69) is 20.3 Å². The normalized spacial score (nSPS) is 11.3. The summed E-state index contributed by atoms with van der Waals surface area (Å²) < 4.78 is 1.75. The molecule has 0 aliphatic carbocycles. The Labute approximate surface area is 98.8 Å². The second-order valence-corrected chi connectivity index (χ2v) is 5.22. The van der Waals surface area contributed by atoms with Crippen LogP contribution in [0.1, 0.15) is 16.5 Å². The van der Waals surface area contributed by atoms with Crippen molar-refractivity contribution in [2.24, 2.45) is 0 Å². The zero-order chi connectivity index (χ0) is 11.1. The van der Waals surface area contributed by atoms with Gasteiger partial charge >= 0.3 is 0 Å². The predicted molar refractivity (Wildman–Crippen MR) is 62.7 cm³/mol. The molecule has 3 rings (SSSR count). The van der Waals surface area contributed by atoms with Crippen molar-refractivity contribution < 1.29 is 0 Å². The van der Waals surface area contributed by atoms with E-state index >= 15 is 0 Å². The monoisotopic (exact) mass is 252 g/mol. The summed E-state index contributed by atoms with van der Waals surface area (Å²) in [5.41, 5.74) is 6.52. The lowest BCUT2D eigenvalue weighted by molar-refractivity contribution is 0.860. The SMILES string of the molecule is Cc1nnc2sc(Cc3csc(N)n3)nn12. The molecule has 16 heavy (non-hydrogen) atoms. The van der Waals surface area contributed by atoms with Crippen molar-refractivity contribution >= 4 is 32.8 Å². The molecule has 0 aliphatic rings. The Morgan fingerprint density at radius 1 is 1.44 bits per heavy atom. The van der Waals surface area contributed by atoms with E-state index in [4.69, 9.17) is 5.73 Å². The van der Waals surface area contributed by atoms with E-state index in [0.717, 1.165) is 21.5 Å². The topological polar surface area (TPSA) is 82.0 Å². The number of rotatable bonds is 2. The number of nitrogens with zero attached hydrogens (tertiary/aromatic N) is 5. The van der Waals surface area contributed by atoms with Crippen LogP contribution in [-0.4, -0.2) is 24.8 Å². The molecule has 0 fully saturated rings. The Morgan fingerprint density at radius 3 is 3.00 bits per heavy atom. The van der Waals surface area contributed by atoms with E-state index in [1.165, 1.54) is 22.7 Å². The third kappa shape index (κ3) is 1.55. The highest BCUT2D eigenvalue weighted by atomic mass is 32.1. The molecule has 3 aromatic rings. The van der Waals surface area contributed by atoms with E-state index in [1.807, 2.05) is 12.3 Å². The summed E-state index contributed by atoms with van der Waals surface area (Å²) in [6.07, 6.45) is 0.696. The van der Waals surface area contributed by atoms with Gasteiger partial charge in [-0.2, -0.15) is 9.61 Å². The van der Waals surface area contributed by atoms with Crippen molar-refractivity contribution in [3.8, 4) is 0 Å². The zero-order valence-electron chi connectivity index (χ0n) is 8.41. The molecule has 0 saturated heterocycles. The quantitative estimate of drug-likeness (QED) is 0.739. The Kier molecular flexibility index (Phi) is 2.11. The van der Waals surface area contributed by atoms with Crippen LogP contribution in [0.15, 0.2) is 5.38 Å². The number of nitrogens with two attached hydrogens (primary N) is 1. The first-order chi connectivity index (χ1) is 7.72. The van der Waals surface area contributed by atoms with Gasteiger partial charge in [0.25, 0.3) is 0 Å². The van der Waals surface area contributed by atoms with Gasteiger partial charge in [0.1, 0.15) is 5.01 Å². The van der Waals surface area contributed by atoms with Crippen molar-refractivity contribution in [2.45, 2.75) is 13.3 Å². The van der Waals surface area contributed by atoms with Gasteiger partial charge in [-0.15, -0.1) is 21.5 Å². The smallest absolute Gasteiger partial charge is 0.234 e. The number of nitrogen functional groups attached to an aromatic ring is 1. The van der Waals surface area contributed by atoms with Gasteiger partial charge < -0.3 is 5.73 Å². The molecule has 0 atom stereocenters. The fourth-order valence-electron chi connectivity index (χ4n) is 1.38. The van der Waals surface area contributed by atoms with E-state index in [1.54, 1.807) is 4.52 Å². The van der Waals surface area contributed by atoms with Gasteiger partial charge in [0.05, 0.1) is 5.69 Å². The second kappa shape index (κ2) is 3.49. The summed E-state index contributed by atoms with van der Waals surface area (Å²) in [7, 11) is 0. The largest absolute Gasteiger partial charge is 0.375 e. The van der Waals surface area contributed by atoms with Crippen molar-refractivity contribution in [3.63, 3.8) is 0 Å². The van der Waals surface area contributed by atoms with E-state index < -0.39 is 0 Å². The van der Waals surface area contributed by atoms with E-state index in [0.29, 0.717) is 11.6 Å². The molecule has 0 saturated carbocycles. The fraction of sp³-hybridized carbons (Fsp3) is 0.250. The van der Waals surface area contributed by atoms with Crippen LogP contribution in [-0.2, 0) is 6.42 Å². The molecule has 8 heteroatoms. The fourth-order valence-corrected chi connectivity index (χ4v) is 2.84. The maximum Gasteiger partial charge on any atom is 0.234 e. The minimum absolute atomic E-state index is 0.592. The third-order valence-corrected chi connectivity index (χ3v) is 3.71. The highest BCUT2D eigenvalue weighted by molar-refractivity contribution is 7.16. The molecule has 0 amide bonds. The molecule has 0 aromatic carbocycles. The van der Waals surface area contributed by atoms with Crippen LogP contribution in [0.2, 0.25) is 0 Å². The minimum Gasteiger partial charge on any atom is -0.375 e. The minimum atomic E-state index is 0.592. The molecule has 2 N–H and O–H groups in total. The lowest BCUT2D eigenvalue weighted by atomic mass is 10.4. The van der Waals surface area contributed by atoms with Crippen LogP contribution in [0.25, 0.3) is 4.96 Å². The van der Waals surface area contributed by atoms with Crippen molar-refractivity contribution in [1.29, 1.82) is 0 Å². The van der Waals surface area contributed by atoms with E-state index in [9.17, 15) is 0 Å². The van der Waals surface area contributed by atoms with Gasteiger partial charge in [-0.3, -0.25) is 0 Å². The van der Waals surface area contributed by atoms with Gasteiger partial charge in [0, 0.05) is 11.8 Å². The number of anilines is 1. The first-order valence-electron chi connectivity index (χ1n) is 4.60. The molecule has 82 valence electrons. The lowest BCUT2D eigenvalue weighted by Crippen LogP contribution is -1.93. The summed E-state index contributed by atoms with van der Waals surface area (Å²) >= 11 is 2.97. The number of fused-ring (bicyclic) bond motifs is 1. The average Bonchev–Trinajstić information content (AvgIpc) is 2.88. The molecule has 3 aromatic heterocycles. The molecule has 0 radical (unpaired) electrons. The highest BCUT2D eigenvalue weighted by Gasteiger charge is 2.10. The summed E-state index contributed by atoms with van der Waals surface area (Å²) in [6, 6.07) is 0. The van der Waals surface area contributed by atoms with Gasteiger partial charge in [0.15, 0.2) is 11.0 Å². The van der Waals surface area contributed by atoms with Crippen molar-refractivity contribution in [2.75, 3.05) is 5.73 Å². The summed E-state index contributed by atoms with van der Waals surface area (Å²) in [4.78, 5) is 5.02. The van der Waals surface area contributed by atoms with E-state index in [-0.39, 0.29) is 0 Å². The molecule has 3 heterocycles. The molecule has 0 spiro atoms. The Bertz CT molecular complexity index is 636. The molecule has 6 nitrogen and oxygen atoms in total. The maximum atomic E-state index is 5.57. The van der Waals surface area contributed by atoms with Crippen molar-refractivity contribution in [3.05, 3.63) is 21.9 Å². The Morgan fingerprint density at radius 2 is 2.31 bits per heavy atom. The van der Waals surface area contributed by atoms with Gasteiger partial charge in [0.2, 0.25) is 4.96 Å². The van der Waals surface area contributed by atoms with Crippen LogP contribution >= 0.6 is 22.7 Å². The van der Waals surface area contributed by atoms with Gasteiger partial charge in [-0.1, -0.05) is 11.3 Å². The molecular formula is C8H8N6S2. The number of thiazole rings is 1. The summed E-state index contributed by atoms with van der Waals surface area (Å²) in [5.74, 6) is 0.801. The van der Waals surface area contributed by atoms with Crippen LogP contribution in [0.4, 0.5) is 5.13 Å². The Balaban J connectivity index is 1.94. The highest BCUT2D eigenvalue weighted by Crippen LogP contribution is 2.19. The number of aryl methyl sites for hydroxylation is 1. The number of hydrogen-bond acceptors (Lipinski definition) is 7. The van der Waals surface area contributed by atoms with Crippen LogP contribution < -0.4 is 5.73 Å². The Hall–Kier alpha value is -1.54. The van der Waals surface area contributed by atoms with Crippen LogP contribution in [0.3, 0.4) is 0 Å². The number of hydrogen-bond donors (Lipinski definition) is 1. The summed E-state index contributed by atoms with van der Waals surface area (Å²) in [6.45, 7) is 1.88. The predicted octanol–water partition coefficient (Wildman–Crippen LogP) is 1.12. The molecular weight excluding hydrogens is 244 g/mol. The lowest BCUT2D eigenvalue weighted by Gasteiger charge is -1.89. The summed E-state index contributed by atoms with van der Waals surface area (Å²) in [5, 5.41) is 15.9. The van der Waals surface area contributed by atoms with Crippen molar-refractivity contribution in [1.82, 2.24) is 24.8 Å². The zero-order valence-corrected chi connectivity index (χ0v) is 10.0. The molecule has 0 bridgehead atoms.